The van der Waals surface area contributed by atoms with Gasteiger partial charge in [-0.3, -0.25) is 0 Å². The van der Waals surface area contributed by atoms with Crippen LogP contribution in [0.5, 0.6) is 23.0 Å². The first kappa shape index (κ1) is 53.9. The van der Waals surface area contributed by atoms with Gasteiger partial charge in [-0.05, 0) is 64.7 Å². The molecule has 368 valence electrons. The Hall–Kier alpha value is -6.40. The molecule has 0 unspecified atom stereocenters. The molecular weight excluding hydrogens is 984 g/mol. The van der Waals surface area contributed by atoms with Crippen LogP contribution < -0.4 is 22.9 Å². The van der Waals surface area contributed by atoms with Crippen LogP contribution in [-0.2, 0) is 35.5 Å². The first-order chi connectivity index (χ1) is 29.1. The number of rotatable bonds is 4. The van der Waals surface area contributed by atoms with Crippen molar-refractivity contribution in [2.24, 2.45) is 0 Å². The molecule has 0 saturated carbocycles. The van der Waals surface area contributed by atoms with Crippen molar-refractivity contribution in [3.63, 3.8) is 0 Å². The molecule has 0 aliphatic heterocycles. The molecule has 0 fully saturated rings. The van der Waals surface area contributed by atoms with Gasteiger partial charge in [0.15, 0.2) is 0 Å². The standard InChI is InChI=1S/2C17H10F12N2O2/c18-14(19,20)7-4-10(32)9(30)3-6(7)13(16(24,25)26,17(27,28)29)5-1-8(15(21,22)23)12(31)11(33)2-5;18-14(19,20)7-3-5(4-9(33)11(7)30)13(16(24,25)26,17(27,28)29)6-1-2-8(32)12(31)10(6)15(21,22)23/h2*1-4,32-33H,30-31H2. The molecule has 4 aromatic rings. The van der Waals surface area contributed by atoms with E-state index >= 15 is 0 Å². The van der Waals surface area contributed by atoms with Gasteiger partial charge < -0.3 is 43.4 Å². The zero-order chi connectivity index (χ0) is 51.9. The largest absolute Gasteiger partial charge is 0.506 e. The minimum absolute atomic E-state index is 0.0199. The summed E-state index contributed by atoms with van der Waals surface area (Å²) in [6.07, 6.45) is -50.5. The molecule has 0 aliphatic carbocycles. The monoisotopic (exact) mass is 1000 g/mol. The van der Waals surface area contributed by atoms with E-state index in [-0.39, 0.29) is 6.07 Å². The normalized spacial score (nSPS) is 13.9. The van der Waals surface area contributed by atoms with Crippen LogP contribution in [-0.4, -0.2) is 45.1 Å². The summed E-state index contributed by atoms with van der Waals surface area (Å²) in [6, 6.07) is -3.95. The van der Waals surface area contributed by atoms with Crippen LogP contribution >= 0.6 is 0 Å². The van der Waals surface area contributed by atoms with Crippen molar-refractivity contribution in [1.29, 1.82) is 0 Å². The fraction of sp³-hybridized carbons (Fsp3) is 0.294. The molecule has 0 spiro atoms. The number of alkyl halides is 24. The lowest BCUT2D eigenvalue weighted by atomic mass is 9.70. The van der Waals surface area contributed by atoms with E-state index in [2.05, 4.69) is 0 Å². The van der Waals surface area contributed by atoms with E-state index in [1.54, 1.807) is 0 Å². The van der Waals surface area contributed by atoms with E-state index in [1.165, 1.54) is 0 Å². The molecule has 0 atom stereocenters. The van der Waals surface area contributed by atoms with Gasteiger partial charge in [0, 0.05) is 0 Å². The van der Waals surface area contributed by atoms with Crippen LogP contribution in [0.15, 0.2) is 48.5 Å². The van der Waals surface area contributed by atoms with E-state index in [0.717, 1.165) is 0 Å². The van der Waals surface area contributed by atoms with Crippen molar-refractivity contribution in [2.45, 2.75) is 60.2 Å². The van der Waals surface area contributed by atoms with Gasteiger partial charge in [-0.2, -0.15) is 105 Å². The number of aromatic hydroxyl groups is 4. The highest BCUT2D eigenvalue weighted by Crippen LogP contribution is 2.62. The molecule has 32 heteroatoms. The maximum Gasteiger partial charge on any atom is 0.418 e. The van der Waals surface area contributed by atoms with Crippen LogP contribution in [0.1, 0.15) is 44.5 Å². The minimum Gasteiger partial charge on any atom is -0.506 e. The lowest BCUT2D eigenvalue weighted by Crippen LogP contribution is -2.55. The summed E-state index contributed by atoms with van der Waals surface area (Å²) in [5.41, 5.74) is -18.9. The summed E-state index contributed by atoms with van der Waals surface area (Å²) in [7, 11) is 0. The van der Waals surface area contributed by atoms with Crippen LogP contribution in [0.25, 0.3) is 0 Å². The molecular formula is C34H20F24N4O4. The number of hydrogen-bond acceptors (Lipinski definition) is 8. The predicted molar refractivity (Wildman–Crippen MR) is 176 cm³/mol. The summed E-state index contributed by atoms with van der Waals surface area (Å²) in [6.45, 7) is 0. The summed E-state index contributed by atoms with van der Waals surface area (Å²) in [4.78, 5) is 0. The predicted octanol–water partition coefficient (Wildman–Crippen LogP) is 11.4. The molecule has 0 aliphatic rings. The third kappa shape index (κ3) is 9.07. The second-order valence-corrected chi connectivity index (χ2v) is 13.3. The Balaban J connectivity index is 0.000000350. The zero-order valence-electron chi connectivity index (χ0n) is 30.8. The molecule has 4 rings (SSSR count). The summed E-state index contributed by atoms with van der Waals surface area (Å²) in [5.74, 6) is -6.89. The van der Waals surface area contributed by atoms with Crippen molar-refractivity contribution in [3.05, 3.63) is 93.0 Å². The van der Waals surface area contributed by atoms with Crippen molar-refractivity contribution < 1.29 is 126 Å². The van der Waals surface area contributed by atoms with Gasteiger partial charge in [0.2, 0.25) is 10.8 Å². The Kier molecular flexibility index (Phi) is 13.2. The third-order valence-electron chi connectivity index (χ3n) is 9.28. The summed E-state index contributed by atoms with van der Waals surface area (Å²) in [5, 5.41) is 37.9. The number of hydrogen-bond donors (Lipinski definition) is 8. The molecule has 0 heterocycles. The molecule has 4 aromatic carbocycles. The number of nitrogens with two attached hydrogens (primary N) is 4. The van der Waals surface area contributed by atoms with E-state index in [4.69, 9.17) is 22.9 Å². The lowest BCUT2D eigenvalue weighted by Gasteiger charge is -2.40. The van der Waals surface area contributed by atoms with E-state index < -0.39 is 193 Å². The Morgan fingerprint density at radius 3 is 0.939 bits per heavy atom. The maximum absolute atomic E-state index is 14.1. The van der Waals surface area contributed by atoms with Crippen molar-refractivity contribution in [3.8, 4) is 23.0 Å². The molecule has 0 bridgehead atoms. The Morgan fingerprint density at radius 2 is 0.636 bits per heavy atom. The molecule has 0 saturated heterocycles. The van der Waals surface area contributed by atoms with Crippen LogP contribution in [0.3, 0.4) is 0 Å². The SMILES string of the molecule is Nc1c(O)cc(C(c2ccc(O)c(N)c2C(F)(F)F)(C(F)(F)F)C(F)(F)F)cc1C(F)(F)F.Nc1cc(C(c2cc(O)c(N)c(C(F)(F)F)c2)(C(F)(F)F)C(F)(F)F)c(C(F)(F)F)cc1O. The molecule has 0 aromatic heterocycles. The molecule has 8 nitrogen and oxygen atoms in total. The number of benzene rings is 4. The summed E-state index contributed by atoms with van der Waals surface area (Å²) < 4.78 is 330. The number of halogens is 24. The van der Waals surface area contributed by atoms with Gasteiger partial charge in [0.05, 0.1) is 45.0 Å². The average molecular weight is 1000 g/mol. The third-order valence-corrected chi connectivity index (χ3v) is 9.28. The zero-order valence-corrected chi connectivity index (χ0v) is 30.8. The Bertz CT molecular complexity index is 2350. The number of phenols is 4. The van der Waals surface area contributed by atoms with Crippen LogP contribution in [0.2, 0.25) is 0 Å². The first-order valence-electron chi connectivity index (χ1n) is 16.2. The van der Waals surface area contributed by atoms with Crippen molar-refractivity contribution >= 4 is 22.7 Å². The highest BCUT2D eigenvalue weighted by molar-refractivity contribution is 5.69. The van der Waals surface area contributed by atoms with Crippen LogP contribution in [0, 0.1) is 0 Å². The van der Waals surface area contributed by atoms with Gasteiger partial charge >= 0.3 is 49.4 Å². The highest BCUT2D eigenvalue weighted by atomic mass is 19.4. The van der Waals surface area contributed by atoms with E-state index in [1.807, 2.05) is 0 Å². The Morgan fingerprint density at radius 1 is 0.303 bits per heavy atom. The van der Waals surface area contributed by atoms with Gasteiger partial charge in [0.1, 0.15) is 23.0 Å². The summed E-state index contributed by atoms with van der Waals surface area (Å²) >= 11 is 0. The molecule has 12 N–H and O–H groups in total. The van der Waals surface area contributed by atoms with E-state index in [9.17, 15) is 126 Å². The van der Waals surface area contributed by atoms with Gasteiger partial charge in [-0.25, -0.2) is 0 Å². The van der Waals surface area contributed by atoms with Crippen molar-refractivity contribution in [1.82, 2.24) is 0 Å². The lowest BCUT2D eigenvalue weighted by molar-refractivity contribution is -0.291. The molecule has 0 radical (unpaired) electrons. The minimum atomic E-state index is -6.78. The van der Waals surface area contributed by atoms with Crippen molar-refractivity contribution in [2.75, 3.05) is 22.9 Å². The van der Waals surface area contributed by atoms with Gasteiger partial charge in [-0.1, -0.05) is 6.07 Å². The fourth-order valence-electron chi connectivity index (χ4n) is 6.45. The number of anilines is 4. The second-order valence-electron chi connectivity index (χ2n) is 13.3. The maximum atomic E-state index is 14.1. The highest BCUT2D eigenvalue weighted by Gasteiger charge is 2.76. The smallest absolute Gasteiger partial charge is 0.418 e. The number of phenolic OH excluding ortho intramolecular Hbond substituents is 4. The molecule has 0 amide bonds. The quantitative estimate of drug-likeness (QED) is 0.0564. The average Bonchev–Trinajstić information content (AvgIpc) is 3.06. The van der Waals surface area contributed by atoms with Gasteiger partial charge in [-0.15, -0.1) is 0 Å². The molecule has 66 heavy (non-hydrogen) atoms. The van der Waals surface area contributed by atoms with Gasteiger partial charge in [0.25, 0.3) is 0 Å². The number of nitrogen functional groups attached to an aromatic ring is 4. The Labute approximate surface area is 348 Å². The van der Waals surface area contributed by atoms with Crippen LogP contribution in [0.4, 0.5) is 128 Å². The van der Waals surface area contributed by atoms with E-state index in [0.29, 0.717) is 0 Å². The second kappa shape index (κ2) is 16.2. The fourth-order valence-corrected chi connectivity index (χ4v) is 6.45. The first-order valence-corrected chi connectivity index (χ1v) is 16.2. The topological polar surface area (TPSA) is 185 Å².